The Morgan fingerprint density at radius 3 is 2.74 bits per heavy atom. The van der Waals surface area contributed by atoms with Crippen LogP contribution in [-0.2, 0) is 10.0 Å². The van der Waals surface area contributed by atoms with Crippen LogP contribution in [0.4, 0.5) is 5.69 Å². The Labute approximate surface area is 117 Å². The molecule has 1 heterocycles. The Morgan fingerprint density at radius 2 is 2.00 bits per heavy atom. The summed E-state index contributed by atoms with van der Waals surface area (Å²) in [7, 11) is -3.55. The first-order valence-electron chi connectivity index (χ1n) is 6.22. The summed E-state index contributed by atoms with van der Waals surface area (Å²) in [6, 6.07) is 4.84. The molecule has 0 aromatic heterocycles. The molecule has 2 N–H and O–H groups in total. The largest absolute Gasteiger partial charge is 0.324 e. The smallest absolute Gasteiger partial charge is 0.266 e. The van der Waals surface area contributed by atoms with Crippen LogP contribution in [0.1, 0.15) is 25.7 Å². The zero-order chi connectivity index (χ0) is 13.5. The highest BCUT2D eigenvalue weighted by molar-refractivity contribution is 7.90. The van der Waals surface area contributed by atoms with Crippen molar-refractivity contribution in [3.05, 3.63) is 23.2 Å². The highest BCUT2D eigenvalue weighted by atomic mass is 35.5. The minimum atomic E-state index is -3.55. The van der Waals surface area contributed by atoms with Gasteiger partial charge >= 0.3 is 0 Å². The molecule has 5 nitrogen and oxygen atoms in total. The van der Waals surface area contributed by atoms with E-state index in [4.69, 9.17) is 11.6 Å². The highest BCUT2D eigenvalue weighted by Crippen LogP contribution is 2.28. The molecule has 1 fully saturated rings. The Hall–Kier alpha value is -1.27. The van der Waals surface area contributed by atoms with Crippen molar-refractivity contribution in [1.29, 1.82) is 0 Å². The van der Waals surface area contributed by atoms with Gasteiger partial charge in [0.1, 0.15) is 4.90 Å². The van der Waals surface area contributed by atoms with Crippen molar-refractivity contribution in [3.8, 4) is 0 Å². The van der Waals surface area contributed by atoms with Gasteiger partial charge in [-0.3, -0.25) is 0 Å². The second-order valence-electron chi connectivity index (χ2n) is 4.79. The van der Waals surface area contributed by atoms with Gasteiger partial charge in [0.15, 0.2) is 0 Å². The van der Waals surface area contributed by atoms with Crippen molar-refractivity contribution in [3.63, 3.8) is 0 Å². The van der Waals surface area contributed by atoms with E-state index in [1.165, 1.54) is 6.07 Å². The van der Waals surface area contributed by atoms with Crippen LogP contribution in [0, 0.1) is 0 Å². The normalized spacial score (nSPS) is 23.7. The van der Waals surface area contributed by atoms with Crippen LogP contribution >= 0.6 is 11.6 Å². The molecule has 7 heteroatoms. The number of halogens is 1. The third-order valence-electron chi connectivity index (χ3n) is 3.35. The summed E-state index contributed by atoms with van der Waals surface area (Å²) in [5, 5.41) is 3.48. The molecule has 1 saturated carbocycles. The molecule has 1 aliphatic heterocycles. The molecule has 0 saturated heterocycles. The molecule has 0 radical (unpaired) electrons. The quantitative estimate of drug-likeness (QED) is 0.836. The van der Waals surface area contributed by atoms with Crippen molar-refractivity contribution in [1.82, 2.24) is 4.72 Å². The maximum Gasteiger partial charge on any atom is 0.266 e. The zero-order valence-electron chi connectivity index (χ0n) is 10.2. The van der Waals surface area contributed by atoms with Crippen molar-refractivity contribution < 1.29 is 8.42 Å². The number of fused-ring (bicyclic) bond motifs is 1. The van der Waals surface area contributed by atoms with Gasteiger partial charge in [0.05, 0.1) is 11.7 Å². The number of hydrogen-bond acceptors (Lipinski definition) is 3. The fraction of sp³-hybridized carbons (Fsp3) is 0.417. The van der Waals surface area contributed by atoms with E-state index in [0.29, 0.717) is 16.7 Å². The van der Waals surface area contributed by atoms with Gasteiger partial charge < -0.3 is 5.32 Å². The minimum absolute atomic E-state index is 0.197. The molecule has 1 aliphatic carbocycles. The molecule has 0 spiro atoms. The average molecular weight is 300 g/mol. The fourth-order valence-electron chi connectivity index (χ4n) is 2.44. The number of anilines is 1. The summed E-state index contributed by atoms with van der Waals surface area (Å²) in [5.74, 6) is 0.293. The number of sulfonamides is 1. The predicted molar refractivity (Wildman–Crippen MR) is 75.1 cm³/mol. The first kappa shape index (κ1) is 12.7. The molecule has 1 aromatic rings. The van der Waals surface area contributed by atoms with Crippen molar-refractivity contribution in [2.45, 2.75) is 36.6 Å². The number of aliphatic imine (C=N–C) groups is 1. The van der Waals surface area contributed by atoms with Crippen LogP contribution in [0.2, 0.25) is 5.02 Å². The van der Waals surface area contributed by atoms with Crippen molar-refractivity contribution in [2.75, 3.05) is 5.32 Å². The summed E-state index contributed by atoms with van der Waals surface area (Å²) >= 11 is 5.89. The van der Waals surface area contributed by atoms with Crippen molar-refractivity contribution >= 4 is 33.3 Å². The van der Waals surface area contributed by atoms with Gasteiger partial charge in [-0.05, 0) is 31.0 Å². The van der Waals surface area contributed by atoms with Gasteiger partial charge in [0.2, 0.25) is 5.96 Å². The first-order chi connectivity index (χ1) is 9.04. The van der Waals surface area contributed by atoms with E-state index in [1.807, 2.05) is 0 Å². The van der Waals surface area contributed by atoms with E-state index in [0.717, 1.165) is 25.7 Å². The summed E-state index contributed by atoms with van der Waals surface area (Å²) in [6.45, 7) is 0. The van der Waals surface area contributed by atoms with E-state index < -0.39 is 10.0 Å². The number of hydrogen-bond donors (Lipinski definition) is 2. The second-order valence-corrected chi connectivity index (χ2v) is 6.87. The summed E-state index contributed by atoms with van der Waals surface area (Å²) < 4.78 is 26.7. The molecule has 2 aliphatic rings. The Bertz CT molecular complexity index is 636. The molecule has 0 unspecified atom stereocenters. The van der Waals surface area contributed by atoms with Crippen LogP contribution < -0.4 is 10.0 Å². The predicted octanol–water partition coefficient (Wildman–Crippen LogP) is 2.34. The van der Waals surface area contributed by atoms with Crippen LogP contribution in [0.15, 0.2) is 28.1 Å². The lowest BCUT2D eigenvalue weighted by Crippen LogP contribution is -2.41. The van der Waals surface area contributed by atoms with E-state index in [9.17, 15) is 8.42 Å². The zero-order valence-corrected chi connectivity index (χ0v) is 11.8. The monoisotopic (exact) mass is 299 g/mol. The third-order valence-corrected chi connectivity index (χ3v) is 4.98. The first-order valence-corrected chi connectivity index (χ1v) is 8.08. The summed E-state index contributed by atoms with van der Waals surface area (Å²) in [5.41, 5.74) is 0.475. The van der Waals surface area contributed by atoms with Gasteiger partial charge in [-0.15, -0.1) is 0 Å². The van der Waals surface area contributed by atoms with Gasteiger partial charge in [-0.25, -0.2) is 18.1 Å². The molecule has 0 atom stereocenters. The van der Waals surface area contributed by atoms with Gasteiger partial charge in [0.25, 0.3) is 10.0 Å². The number of nitrogens with zero attached hydrogens (tertiary/aromatic N) is 1. The summed E-state index contributed by atoms with van der Waals surface area (Å²) in [4.78, 5) is 4.63. The van der Waals surface area contributed by atoms with Crippen LogP contribution in [0.25, 0.3) is 0 Å². The van der Waals surface area contributed by atoms with Crippen LogP contribution in [-0.4, -0.2) is 20.4 Å². The Balaban J connectivity index is 1.97. The molecular weight excluding hydrogens is 286 g/mol. The maximum atomic E-state index is 12.1. The van der Waals surface area contributed by atoms with E-state index in [-0.39, 0.29) is 10.9 Å². The molecular formula is C12H14ClN3O2S. The number of guanidine groups is 1. The van der Waals surface area contributed by atoms with Gasteiger partial charge in [0, 0.05) is 5.02 Å². The maximum absolute atomic E-state index is 12.1. The lowest BCUT2D eigenvalue weighted by atomic mass is 10.3. The second kappa shape index (κ2) is 4.68. The van der Waals surface area contributed by atoms with Gasteiger partial charge in [-0.2, -0.15) is 0 Å². The number of rotatable bonds is 1. The number of nitrogens with one attached hydrogen (secondary N) is 2. The lowest BCUT2D eigenvalue weighted by molar-refractivity contribution is 0.591. The fourth-order valence-corrected chi connectivity index (χ4v) is 3.73. The topological polar surface area (TPSA) is 70.6 Å². The molecule has 3 rings (SSSR count). The minimum Gasteiger partial charge on any atom is -0.324 e. The lowest BCUT2D eigenvalue weighted by Gasteiger charge is -2.22. The molecule has 0 bridgehead atoms. The molecule has 19 heavy (non-hydrogen) atoms. The average Bonchev–Trinajstić information content (AvgIpc) is 2.79. The van der Waals surface area contributed by atoms with Gasteiger partial charge in [-0.1, -0.05) is 24.4 Å². The molecule has 102 valence electrons. The number of benzene rings is 1. The SMILES string of the molecule is O=S1(=O)NC(=NC2CCCC2)Nc2cc(Cl)ccc21. The molecule has 0 amide bonds. The van der Waals surface area contributed by atoms with E-state index in [2.05, 4.69) is 15.0 Å². The van der Waals surface area contributed by atoms with Crippen LogP contribution in [0.5, 0.6) is 0 Å². The Kier molecular flexibility index (Phi) is 3.14. The third kappa shape index (κ3) is 2.55. The highest BCUT2D eigenvalue weighted by Gasteiger charge is 2.27. The van der Waals surface area contributed by atoms with Crippen LogP contribution in [0.3, 0.4) is 0 Å². The summed E-state index contributed by atoms with van der Waals surface area (Å²) in [6.07, 6.45) is 4.32. The van der Waals surface area contributed by atoms with E-state index >= 15 is 0 Å². The van der Waals surface area contributed by atoms with E-state index in [1.54, 1.807) is 12.1 Å². The standard InChI is InChI=1S/C12H14ClN3O2S/c13-8-5-6-11-10(7-8)15-12(16-19(11,17)18)14-9-3-1-2-4-9/h5-7,9H,1-4H2,(H2,14,15,16). The molecule has 1 aromatic carbocycles. The Morgan fingerprint density at radius 1 is 1.26 bits per heavy atom. The van der Waals surface area contributed by atoms with Crippen molar-refractivity contribution in [2.24, 2.45) is 4.99 Å².